The molecule has 0 aromatic carbocycles. The van der Waals surface area contributed by atoms with E-state index in [4.69, 9.17) is 5.73 Å². The summed E-state index contributed by atoms with van der Waals surface area (Å²) in [4.78, 5) is 0. The van der Waals surface area contributed by atoms with Gasteiger partial charge >= 0.3 is 0 Å². The summed E-state index contributed by atoms with van der Waals surface area (Å²) in [5.74, 6) is 1.63. The van der Waals surface area contributed by atoms with Crippen LogP contribution in [-0.2, 0) is 0 Å². The molecule has 2 N–H and O–H groups in total. The Morgan fingerprint density at radius 2 is 2.38 bits per heavy atom. The summed E-state index contributed by atoms with van der Waals surface area (Å²) in [5.41, 5.74) is 6.61. The van der Waals surface area contributed by atoms with Crippen LogP contribution in [0.1, 0.15) is 13.3 Å². The smallest absolute Gasteiger partial charge is 0.0137 e. The van der Waals surface area contributed by atoms with Crippen molar-refractivity contribution in [2.45, 2.75) is 13.3 Å². The van der Waals surface area contributed by atoms with Crippen LogP contribution in [0.4, 0.5) is 0 Å². The van der Waals surface area contributed by atoms with Crippen molar-refractivity contribution in [2.24, 2.45) is 17.6 Å². The van der Waals surface area contributed by atoms with E-state index >= 15 is 0 Å². The molecule has 1 aliphatic carbocycles. The van der Waals surface area contributed by atoms with Crippen LogP contribution in [0.5, 0.6) is 0 Å². The van der Waals surface area contributed by atoms with Crippen LogP contribution in [0.3, 0.4) is 0 Å². The zero-order chi connectivity index (χ0) is 6.15. The molecule has 0 bridgehead atoms. The molecule has 8 heavy (non-hydrogen) atoms. The molecule has 46 valence electrons. The molecule has 0 aromatic rings. The Hall–Kier alpha value is -0.300. The minimum absolute atomic E-state index is 0.676. The lowest BCUT2D eigenvalue weighted by Crippen LogP contribution is -2.03. The Morgan fingerprint density at radius 3 is 2.50 bits per heavy atom. The summed E-state index contributed by atoms with van der Waals surface area (Å²) >= 11 is 0. The van der Waals surface area contributed by atoms with Crippen LogP contribution < -0.4 is 5.73 Å². The van der Waals surface area contributed by atoms with E-state index in [9.17, 15) is 0 Å². The predicted octanol–water partition coefficient (Wildman–Crippen LogP) is 1.16. The lowest BCUT2D eigenvalue weighted by atomic mass is 10.2. The first kappa shape index (κ1) is 5.83. The molecule has 0 saturated heterocycles. The zero-order valence-electron chi connectivity index (χ0n) is 5.35. The molecular formula is C7H13N. The fourth-order valence-electron chi connectivity index (χ4n) is 1.04. The highest BCUT2D eigenvalue weighted by Gasteiger charge is 2.33. The van der Waals surface area contributed by atoms with Gasteiger partial charge in [0, 0.05) is 6.54 Å². The maximum Gasteiger partial charge on any atom is 0.0137 e. The Labute approximate surface area is 50.6 Å². The Bertz CT molecular complexity index is 107. The van der Waals surface area contributed by atoms with Gasteiger partial charge in [0.25, 0.3) is 0 Å². The van der Waals surface area contributed by atoms with E-state index in [1.807, 2.05) is 0 Å². The average Bonchev–Trinajstić information content (AvgIpc) is 2.45. The average molecular weight is 111 g/mol. The van der Waals surface area contributed by atoms with Crippen LogP contribution in [0, 0.1) is 11.8 Å². The molecule has 0 aromatic heterocycles. The van der Waals surface area contributed by atoms with Gasteiger partial charge in [-0.25, -0.2) is 0 Å². The molecule has 1 saturated carbocycles. The standard InChI is InChI=1S/C7H13N/c1-5-3-7(5)6(2)4-8/h5,7H,2-4,8H2,1H3/t5-,7?/m0/s1. The minimum atomic E-state index is 0.676. The summed E-state index contributed by atoms with van der Waals surface area (Å²) in [6.07, 6.45) is 1.32. The number of hydrogen-bond donors (Lipinski definition) is 1. The third-order valence-corrected chi connectivity index (χ3v) is 1.90. The van der Waals surface area contributed by atoms with Gasteiger partial charge in [-0.1, -0.05) is 19.1 Å². The molecule has 1 unspecified atom stereocenters. The second-order valence-corrected chi connectivity index (χ2v) is 2.68. The van der Waals surface area contributed by atoms with Crippen molar-refractivity contribution in [2.75, 3.05) is 6.54 Å². The minimum Gasteiger partial charge on any atom is -0.327 e. The van der Waals surface area contributed by atoms with Crippen molar-refractivity contribution in [1.29, 1.82) is 0 Å². The number of rotatable bonds is 2. The van der Waals surface area contributed by atoms with E-state index in [0.29, 0.717) is 6.54 Å². The first-order valence-corrected chi connectivity index (χ1v) is 3.13. The highest BCUT2D eigenvalue weighted by molar-refractivity contribution is 5.11. The van der Waals surface area contributed by atoms with E-state index in [1.54, 1.807) is 0 Å². The van der Waals surface area contributed by atoms with Gasteiger partial charge in [0.2, 0.25) is 0 Å². The molecule has 2 atom stereocenters. The molecule has 0 aliphatic heterocycles. The number of hydrogen-bond acceptors (Lipinski definition) is 1. The molecule has 0 spiro atoms. The quantitative estimate of drug-likeness (QED) is 0.532. The van der Waals surface area contributed by atoms with Gasteiger partial charge in [-0.15, -0.1) is 0 Å². The summed E-state index contributed by atoms with van der Waals surface area (Å²) in [7, 11) is 0. The van der Waals surface area contributed by atoms with Gasteiger partial charge in [-0.2, -0.15) is 0 Å². The predicted molar refractivity (Wildman–Crippen MR) is 35.5 cm³/mol. The Morgan fingerprint density at radius 1 is 1.88 bits per heavy atom. The summed E-state index contributed by atoms with van der Waals surface area (Å²) in [6, 6.07) is 0. The molecule has 0 radical (unpaired) electrons. The fraction of sp³-hybridized carbons (Fsp3) is 0.714. The lowest BCUT2D eigenvalue weighted by Gasteiger charge is -1.95. The van der Waals surface area contributed by atoms with Gasteiger partial charge in [-0.05, 0) is 18.3 Å². The van der Waals surface area contributed by atoms with E-state index < -0.39 is 0 Å². The molecule has 0 amide bonds. The van der Waals surface area contributed by atoms with E-state index in [-0.39, 0.29) is 0 Å². The fourth-order valence-corrected chi connectivity index (χ4v) is 1.04. The molecule has 1 heteroatoms. The second-order valence-electron chi connectivity index (χ2n) is 2.68. The van der Waals surface area contributed by atoms with Crippen LogP contribution in [0.15, 0.2) is 12.2 Å². The van der Waals surface area contributed by atoms with Crippen molar-refractivity contribution >= 4 is 0 Å². The van der Waals surface area contributed by atoms with Gasteiger partial charge < -0.3 is 5.73 Å². The Balaban J connectivity index is 2.28. The maximum absolute atomic E-state index is 5.38. The van der Waals surface area contributed by atoms with Gasteiger partial charge in [0.05, 0.1) is 0 Å². The lowest BCUT2D eigenvalue weighted by molar-refractivity contribution is 0.835. The third-order valence-electron chi connectivity index (χ3n) is 1.90. The maximum atomic E-state index is 5.38. The van der Waals surface area contributed by atoms with Crippen molar-refractivity contribution in [1.82, 2.24) is 0 Å². The third kappa shape index (κ3) is 0.920. The number of nitrogens with two attached hydrogens (primary N) is 1. The molecular weight excluding hydrogens is 98.1 g/mol. The normalized spacial score (nSPS) is 34.8. The van der Waals surface area contributed by atoms with Gasteiger partial charge in [0.1, 0.15) is 0 Å². The zero-order valence-corrected chi connectivity index (χ0v) is 5.35. The SMILES string of the molecule is C=C(CN)C1C[C@@H]1C. The molecule has 1 fully saturated rings. The molecule has 1 aliphatic rings. The monoisotopic (exact) mass is 111 g/mol. The van der Waals surface area contributed by atoms with Crippen molar-refractivity contribution in [3.8, 4) is 0 Å². The topological polar surface area (TPSA) is 26.0 Å². The molecule has 1 nitrogen and oxygen atoms in total. The largest absolute Gasteiger partial charge is 0.327 e. The summed E-state index contributed by atoms with van der Waals surface area (Å²) in [5, 5.41) is 0. The van der Waals surface area contributed by atoms with E-state index in [2.05, 4.69) is 13.5 Å². The second kappa shape index (κ2) is 1.90. The summed E-state index contributed by atoms with van der Waals surface area (Å²) < 4.78 is 0. The van der Waals surface area contributed by atoms with Crippen molar-refractivity contribution in [3.05, 3.63) is 12.2 Å². The van der Waals surface area contributed by atoms with Crippen LogP contribution in [0.25, 0.3) is 0 Å². The van der Waals surface area contributed by atoms with Gasteiger partial charge in [-0.3, -0.25) is 0 Å². The van der Waals surface area contributed by atoms with Crippen molar-refractivity contribution < 1.29 is 0 Å². The van der Waals surface area contributed by atoms with Crippen LogP contribution in [-0.4, -0.2) is 6.54 Å². The van der Waals surface area contributed by atoms with Gasteiger partial charge in [0.15, 0.2) is 0 Å². The Kier molecular flexibility index (Phi) is 1.39. The molecule has 1 rings (SSSR count). The van der Waals surface area contributed by atoms with Crippen LogP contribution in [0.2, 0.25) is 0 Å². The first-order valence-electron chi connectivity index (χ1n) is 3.13. The highest BCUT2D eigenvalue weighted by atomic mass is 14.6. The molecule has 0 heterocycles. The highest BCUT2D eigenvalue weighted by Crippen LogP contribution is 2.42. The van der Waals surface area contributed by atoms with E-state index in [1.165, 1.54) is 12.0 Å². The van der Waals surface area contributed by atoms with E-state index in [0.717, 1.165) is 11.8 Å². The summed E-state index contributed by atoms with van der Waals surface area (Å²) in [6.45, 7) is 6.78. The van der Waals surface area contributed by atoms with Crippen molar-refractivity contribution in [3.63, 3.8) is 0 Å². The first-order chi connectivity index (χ1) is 3.75. The van der Waals surface area contributed by atoms with Crippen LogP contribution >= 0.6 is 0 Å².